The van der Waals surface area contributed by atoms with Gasteiger partial charge in [-0.15, -0.1) is 0 Å². The standard InChI is InChI=1S/C11H17N3O4S2/c1-3-12-11-9(14(15)16)7-10(19-11)20(17,18)13-6-4-5-8(13)2/h7-8,12H,3-6H2,1-2H3. The number of hydrogen-bond donors (Lipinski definition) is 1. The van der Waals surface area contributed by atoms with Crippen LogP contribution in [0.4, 0.5) is 10.7 Å². The lowest BCUT2D eigenvalue weighted by Gasteiger charge is -2.19. The first-order valence-electron chi connectivity index (χ1n) is 6.42. The number of hydrogen-bond acceptors (Lipinski definition) is 6. The molecule has 1 aliphatic heterocycles. The normalized spacial score (nSPS) is 20.2. The third-order valence-corrected chi connectivity index (χ3v) is 6.82. The molecule has 2 rings (SSSR count). The number of rotatable bonds is 5. The molecule has 7 nitrogen and oxygen atoms in total. The molecule has 1 unspecified atom stereocenters. The summed E-state index contributed by atoms with van der Waals surface area (Å²) < 4.78 is 26.5. The fourth-order valence-electron chi connectivity index (χ4n) is 2.29. The molecular weight excluding hydrogens is 302 g/mol. The van der Waals surface area contributed by atoms with Crippen LogP contribution in [0.15, 0.2) is 10.3 Å². The Balaban J connectivity index is 2.42. The van der Waals surface area contributed by atoms with Gasteiger partial charge in [0.1, 0.15) is 4.21 Å². The van der Waals surface area contributed by atoms with Crippen LogP contribution in [0, 0.1) is 10.1 Å². The van der Waals surface area contributed by atoms with Crippen molar-refractivity contribution in [3.63, 3.8) is 0 Å². The minimum Gasteiger partial charge on any atom is -0.372 e. The van der Waals surface area contributed by atoms with Gasteiger partial charge in [-0.1, -0.05) is 11.3 Å². The van der Waals surface area contributed by atoms with Crippen molar-refractivity contribution in [1.82, 2.24) is 4.31 Å². The monoisotopic (exact) mass is 319 g/mol. The molecule has 0 bridgehead atoms. The van der Waals surface area contributed by atoms with Crippen LogP contribution in [0.3, 0.4) is 0 Å². The third kappa shape index (κ3) is 2.65. The molecule has 9 heteroatoms. The van der Waals surface area contributed by atoms with Gasteiger partial charge in [0.05, 0.1) is 4.92 Å². The van der Waals surface area contributed by atoms with E-state index in [2.05, 4.69) is 5.32 Å². The molecule has 0 aliphatic carbocycles. The van der Waals surface area contributed by atoms with E-state index in [9.17, 15) is 18.5 Å². The zero-order valence-corrected chi connectivity index (χ0v) is 13.0. The van der Waals surface area contributed by atoms with E-state index in [1.807, 2.05) is 6.92 Å². The maximum absolute atomic E-state index is 12.5. The Morgan fingerprint density at radius 1 is 1.60 bits per heavy atom. The Morgan fingerprint density at radius 2 is 2.30 bits per heavy atom. The van der Waals surface area contributed by atoms with E-state index >= 15 is 0 Å². The highest BCUT2D eigenvalue weighted by molar-refractivity contribution is 7.91. The lowest BCUT2D eigenvalue weighted by molar-refractivity contribution is -0.383. The molecule has 1 aromatic rings. The topological polar surface area (TPSA) is 92.6 Å². The summed E-state index contributed by atoms with van der Waals surface area (Å²) in [6.45, 7) is 4.64. The van der Waals surface area contributed by atoms with Gasteiger partial charge in [0.15, 0.2) is 5.00 Å². The lowest BCUT2D eigenvalue weighted by atomic mass is 10.3. The van der Waals surface area contributed by atoms with E-state index in [1.165, 1.54) is 4.31 Å². The van der Waals surface area contributed by atoms with E-state index < -0.39 is 14.9 Å². The Labute approximate surface area is 121 Å². The summed E-state index contributed by atoms with van der Waals surface area (Å²) >= 11 is 0.926. The molecule has 0 amide bonds. The van der Waals surface area contributed by atoms with E-state index in [1.54, 1.807) is 6.92 Å². The van der Waals surface area contributed by atoms with Gasteiger partial charge in [-0.2, -0.15) is 4.31 Å². The number of nitro groups is 1. The Kier molecular flexibility index (Phi) is 4.31. The van der Waals surface area contributed by atoms with Crippen molar-refractivity contribution in [1.29, 1.82) is 0 Å². The highest BCUT2D eigenvalue weighted by atomic mass is 32.2. The van der Waals surface area contributed by atoms with Gasteiger partial charge in [0.25, 0.3) is 10.0 Å². The van der Waals surface area contributed by atoms with Crippen molar-refractivity contribution in [2.45, 2.75) is 36.9 Å². The van der Waals surface area contributed by atoms with Gasteiger partial charge in [0, 0.05) is 25.2 Å². The second-order valence-corrected chi connectivity index (χ2v) is 7.84. The van der Waals surface area contributed by atoms with E-state index in [0.717, 1.165) is 30.2 Å². The predicted molar refractivity (Wildman–Crippen MR) is 77.7 cm³/mol. The minimum absolute atomic E-state index is 0.0360. The quantitative estimate of drug-likeness (QED) is 0.664. The van der Waals surface area contributed by atoms with Crippen molar-refractivity contribution in [3.05, 3.63) is 16.2 Å². The lowest BCUT2D eigenvalue weighted by Crippen LogP contribution is -2.33. The van der Waals surface area contributed by atoms with Gasteiger partial charge in [-0.05, 0) is 26.7 Å². The summed E-state index contributed by atoms with van der Waals surface area (Å²) in [5.41, 5.74) is -0.178. The van der Waals surface area contributed by atoms with E-state index in [0.29, 0.717) is 18.1 Å². The Morgan fingerprint density at radius 3 is 2.80 bits per heavy atom. The first kappa shape index (κ1) is 15.2. The average Bonchev–Trinajstić information content (AvgIpc) is 2.96. The highest BCUT2D eigenvalue weighted by Gasteiger charge is 2.35. The highest BCUT2D eigenvalue weighted by Crippen LogP contribution is 2.39. The van der Waals surface area contributed by atoms with Gasteiger partial charge >= 0.3 is 5.69 Å². The zero-order valence-electron chi connectivity index (χ0n) is 11.3. The number of thiophene rings is 1. The summed E-state index contributed by atoms with van der Waals surface area (Å²) in [6, 6.07) is 1.10. The Hall–Kier alpha value is -1.19. The van der Waals surface area contributed by atoms with Crippen LogP contribution in [0.5, 0.6) is 0 Å². The van der Waals surface area contributed by atoms with Crippen LogP contribution < -0.4 is 5.32 Å². The fraction of sp³-hybridized carbons (Fsp3) is 0.636. The second-order valence-electron chi connectivity index (χ2n) is 4.67. The number of anilines is 1. The van der Waals surface area contributed by atoms with Crippen LogP contribution in [-0.4, -0.2) is 36.8 Å². The van der Waals surface area contributed by atoms with Crippen molar-refractivity contribution < 1.29 is 13.3 Å². The van der Waals surface area contributed by atoms with Crippen LogP contribution in [0.2, 0.25) is 0 Å². The molecule has 2 heterocycles. The van der Waals surface area contributed by atoms with E-state index in [-0.39, 0.29) is 15.9 Å². The first-order valence-corrected chi connectivity index (χ1v) is 8.67. The number of nitrogens with zero attached hydrogens (tertiary/aromatic N) is 2. The molecule has 0 spiro atoms. The molecule has 1 aromatic heterocycles. The van der Waals surface area contributed by atoms with Crippen LogP contribution in [-0.2, 0) is 10.0 Å². The molecule has 0 aromatic carbocycles. The molecule has 112 valence electrons. The van der Waals surface area contributed by atoms with Crippen LogP contribution >= 0.6 is 11.3 Å². The summed E-state index contributed by atoms with van der Waals surface area (Å²) in [6.07, 6.45) is 1.65. The smallest absolute Gasteiger partial charge is 0.304 e. The summed E-state index contributed by atoms with van der Waals surface area (Å²) in [5.74, 6) is 0. The largest absolute Gasteiger partial charge is 0.372 e. The van der Waals surface area contributed by atoms with Gasteiger partial charge in [0.2, 0.25) is 0 Å². The fourth-order valence-corrected chi connectivity index (χ4v) is 5.51. The summed E-state index contributed by atoms with van der Waals surface area (Å²) in [5, 5.41) is 14.1. The second kappa shape index (κ2) is 5.66. The third-order valence-electron chi connectivity index (χ3n) is 3.28. The van der Waals surface area contributed by atoms with Crippen molar-refractivity contribution in [2.24, 2.45) is 0 Å². The van der Waals surface area contributed by atoms with Gasteiger partial charge in [-0.25, -0.2) is 8.42 Å². The van der Waals surface area contributed by atoms with Crippen LogP contribution in [0.25, 0.3) is 0 Å². The van der Waals surface area contributed by atoms with Gasteiger partial charge < -0.3 is 5.32 Å². The van der Waals surface area contributed by atoms with Crippen molar-refractivity contribution in [2.75, 3.05) is 18.4 Å². The Bertz CT molecular complexity index is 611. The molecular formula is C11H17N3O4S2. The predicted octanol–water partition coefficient (Wildman–Crippen LogP) is 2.26. The number of sulfonamides is 1. The molecule has 20 heavy (non-hydrogen) atoms. The summed E-state index contributed by atoms with van der Waals surface area (Å²) in [4.78, 5) is 10.4. The van der Waals surface area contributed by atoms with Crippen molar-refractivity contribution in [3.8, 4) is 0 Å². The van der Waals surface area contributed by atoms with Gasteiger partial charge in [-0.3, -0.25) is 10.1 Å². The van der Waals surface area contributed by atoms with E-state index in [4.69, 9.17) is 0 Å². The SMILES string of the molecule is CCNc1sc(S(=O)(=O)N2CCCC2C)cc1[N+](=O)[O-]. The molecule has 1 fully saturated rings. The maximum Gasteiger partial charge on any atom is 0.304 e. The molecule has 1 saturated heterocycles. The zero-order chi connectivity index (χ0) is 14.9. The molecule has 1 N–H and O–H groups in total. The molecule has 1 aliphatic rings. The molecule has 0 saturated carbocycles. The average molecular weight is 319 g/mol. The van der Waals surface area contributed by atoms with Crippen LogP contribution in [0.1, 0.15) is 26.7 Å². The first-order chi connectivity index (χ1) is 9.37. The molecule has 0 radical (unpaired) electrons. The number of nitrogens with one attached hydrogen (secondary N) is 1. The van der Waals surface area contributed by atoms with Crippen molar-refractivity contribution >= 4 is 32.0 Å². The maximum atomic E-state index is 12.5. The molecule has 1 atom stereocenters. The summed E-state index contributed by atoms with van der Waals surface area (Å²) in [7, 11) is -3.63. The minimum atomic E-state index is -3.63.